The number of carbonyl (C=O) groups is 2. The minimum atomic E-state index is -0.310. The molecule has 0 aromatic carbocycles. The van der Waals surface area contributed by atoms with Crippen molar-refractivity contribution in [2.45, 2.75) is 56.7 Å². The average Bonchev–Trinajstić information content (AvgIpc) is 3.36. The average molecular weight is 329 g/mol. The van der Waals surface area contributed by atoms with E-state index < -0.39 is 0 Å². The SMILES string of the molecule is O=C1CCC(C(=O)N2CCC(N(c3ccncn3)C3CC3)CC2)N1. The third-order valence-corrected chi connectivity index (χ3v) is 5.23. The van der Waals surface area contributed by atoms with E-state index >= 15 is 0 Å². The van der Waals surface area contributed by atoms with E-state index in [1.165, 1.54) is 12.8 Å². The number of rotatable bonds is 4. The highest BCUT2D eigenvalue weighted by atomic mass is 16.2. The van der Waals surface area contributed by atoms with Crippen LogP contribution in [0.15, 0.2) is 18.6 Å². The zero-order valence-corrected chi connectivity index (χ0v) is 13.7. The lowest BCUT2D eigenvalue weighted by atomic mass is 10.0. The molecule has 1 atom stereocenters. The minimum absolute atomic E-state index is 0.00749. The number of likely N-dealkylation sites (tertiary alicyclic amines) is 1. The molecule has 24 heavy (non-hydrogen) atoms. The van der Waals surface area contributed by atoms with Crippen LogP contribution in [-0.4, -0.2) is 57.9 Å². The summed E-state index contributed by atoms with van der Waals surface area (Å²) in [5.41, 5.74) is 0. The van der Waals surface area contributed by atoms with Gasteiger partial charge in [0.2, 0.25) is 11.8 Å². The fourth-order valence-electron chi connectivity index (χ4n) is 3.85. The molecular weight excluding hydrogens is 306 g/mol. The predicted molar refractivity (Wildman–Crippen MR) is 88.3 cm³/mol. The van der Waals surface area contributed by atoms with Gasteiger partial charge in [-0.2, -0.15) is 0 Å². The Hall–Kier alpha value is -2.18. The van der Waals surface area contributed by atoms with Crippen LogP contribution in [0.4, 0.5) is 5.82 Å². The largest absolute Gasteiger partial charge is 0.350 e. The van der Waals surface area contributed by atoms with Gasteiger partial charge in [-0.3, -0.25) is 9.59 Å². The maximum atomic E-state index is 12.5. The molecular formula is C17H23N5O2. The number of nitrogens with one attached hydrogen (secondary N) is 1. The van der Waals surface area contributed by atoms with Gasteiger partial charge in [0.05, 0.1) is 0 Å². The summed E-state index contributed by atoms with van der Waals surface area (Å²) in [6.07, 6.45) is 8.84. The van der Waals surface area contributed by atoms with Gasteiger partial charge in [-0.15, -0.1) is 0 Å². The highest BCUT2D eigenvalue weighted by molar-refractivity contribution is 5.90. The molecule has 1 unspecified atom stereocenters. The second-order valence-electron chi connectivity index (χ2n) is 6.92. The molecule has 7 heteroatoms. The third-order valence-electron chi connectivity index (χ3n) is 5.23. The van der Waals surface area contributed by atoms with Gasteiger partial charge < -0.3 is 15.1 Å². The Morgan fingerprint density at radius 3 is 2.50 bits per heavy atom. The van der Waals surface area contributed by atoms with Gasteiger partial charge in [0.1, 0.15) is 18.2 Å². The number of anilines is 1. The molecule has 2 amide bonds. The van der Waals surface area contributed by atoms with E-state index in [-0.39, 0.29) is 17.9 Å². The third kappa shape index (κ3) is 3.07. The molecule has 2 aliphatic heterocycles. The van der Waals surface area contributed by atoms with Gasteiger partial charge in [0.25, 0.3) is 0 Å². The van der Waals surface area contributed by atoms with E-state index in [0.717, 1.165) is 31.7 Å². The van der Waals surface area contributed by atoms with Crippen molar-refractivity contribution in [1.29, 1.82) is 0 Å². The number of hydrogen-bond donors (Lipinski definition) is 1. The van der Waals surface area contributed by atoms with E-state index in [9.17, 15) is 9.59 Å². The lowest BCUT2D eigenvalue weighted by Crippen LogP contribution is -2.51. The van der Waals surface area contributed by atoms with Gasteiger partial charge in [-0.05, 0) is 38.2 Å². The quantitative estimate of drug-likeness (QED) is 0.880. The van der Waals surface area contributed by atoms with Crippen LogP contribution in [0.1, 0.15) is 38.5 Å². The van der Waals surface area contributed by atoms with Gasteiger partial charge in [-0.25, -0.2) is 9.97 Å². The van der Waals surface area contributed by atoms with E-state index in [4.69, 9.17) is 0 Å². The van der Waals surface area contributed by atoms with E-state index in [2.05, 4.69) is 20.2 Å². The first-order chi connectivity index (χ1) is 11.7. The number of carbonyl (C=O) groups excluding carboxylic acids is 2. The van der Waals surface area contributed by atoms with Crippen LogP contribution in [0, 0.1) is 0 Å². The van der Waals surface area contributed by atoms with Crippen LogP contribution in [0.25, 0.3) is 0 Å². The molecule has 3 aliphatic rings. The summed E-state index contributed by atoms with van der Waals surface area (Å²) in [5, 5.41) is 2.78. The molecule has 1 aromatic heterocycles. The number of nitrogens with zero attached hydrogens (tertiary/aromatic N) is 4. The lowest BCUT2D eigenvalue weighted by molar-refractivity contribution is -0.135. The Labute approximate surface area is 141 Å². The van der Waals surface area contributed by atoms with Crippen molar-refractivity contribution in [1.82, 2.24) is 20.2 Å². The molecule has 1 saturated carbocycles. The maximum Gasteiger partial charge on any atom is 0.245 e. The van der Waals surface area contributed by atoms with Gasteiger partial charge in [0, 0.05) is 37.8 Å². The standard InChI is InChI=1S/C17H23N5O2/c23-16-4-3-14(20-16)17(24)21-9-6-13(7-10-21)22(12-1-2-12)15-5-8-18-11-19-15/h5,8,11-14H,1-4,6-7,9-10H2,(H,20,23). The number of aromatic nitrogens is 2. The summed E-state index contributed by atoms with van der Waals surface area (Å²) in [5.74, 6) is 1.08. The van der Waals surface area contributed by atoms with E-state index in [1.54, 1.807) is 12.5 Å². The normalized spacial score (nSPS) is 24.8. The monoisotopic (exact) mass is 329 g/mol. The van der Waals surface area contributed by atoms with E-state index in [0.29, 0.717) is 24.9 Å². The van der Waals surface area contributed by atoms with Crippen LogP contribution < -0.4 is 10.2 Å². The van der Waals surface area contributed by atoms with Crippen molar-refractivity contribution in [3.05, 3.63) is 18.6 Å². The molecule has 3 fully saturated rings. The molecule has 1 aliphatic carbocycles. The molecule has 0 bridgehead atoms. The number of amides is 2. The minimum Gasteiger partial charge on any atom is -0.350 e. The van der Waals surface area contributed by atoms with Crippen molar-refractivity contribution in [2.75, 3.05) is 18.0 Å². The first kappa shape index (κ1) is 15.4. The van der Waals surface area contributed by atoms with Crippen LogP contribution >= 0.6 is 0 Å². The summed E-state index contributed by atoms with van der Waals surface area (Å²) in [4.78, 5) is 36.6. The Kier molecular flexibility index (Phi) is 4.08. The van der Waals surface area contributed by atoms with Crippen LogP contribution in [0.5, 0.6) is 0 Å². The Bertz CT molecular complexity index is 611. The molecule has 7 nitrogen and oxygen atoms in total. The van der Waals surface area contributed by atoms with Gasteiger partial charge >= 0.3 is 0 Å². The second-order valence-corrected chi connectivity index (χ2v) is 6.92. The smallest absolute Gasteiger partial charge is 0.245 e. The molecule has 1 N–H and O–H groups in total. The Morgan fingerprint density at radius 2 is 1.92 bits per heavy atom. The summed E-state index contributed by atoms with van der Waals surface area (Å²) in [7, 11) is 0. The second kappa shape index (κ2) is 6.37. The topological polar surface area (TPSA) is 78.4 Å². The molecule has 1 aromatic rings. The first-order valence-corrected chi connectivity index (χ1v) is 8.85. The molecule has 3 heterocycles. The van der Waals surface area contributed by atoms with Crippen LogP contribution in [0.3, 0.4) is 0 Å². The van der Waals surface area contributed by atoms with Crippen LogP contribution in [-0.2, 0) is 9.59 Å². The van der Waals surface area contributed by atoms with Crippen molar-refractivity contribution in [3.63, 3.8) is 0 Å². The zero-order chi connectivity index (χ0) is 16.5. The molecule has 0 spiro atoms. The van der Waals surface area contributed by atoms with Crippen molar-refractivity contribution in [2.24, 2.45) is 0 Å². The van der Waals surface area contributed by atoms with Gasteiger partial charge in [0.15, 0.2) is 0 Å². The lowest BCUT2D eigenvalue weighted by Gasteiger charge is -2.40. The highest BCUT2D eigenvalue weighted by Gasteiger charge is 2.38. The van der Waals surface area contributed by atoms with Crippen molar-refractivity contribution in [3.8, 4) is 0 Å². The number of hydrogen-bond acceptors (Lipinski definition) is 5. The summed E-state index contributed by atoms with van der Waals surface area (Å²) in [6.45, 7) is 1.51. The Morgan fingerprint density at radius 1 is 1.17 bits per heavy atom. The first-order valence-electron chi connectivity index (χ1n) is 8.85. The summed E-state index contributed by atoms with van der Waals surface area (Å²) >= 11 is 0. The van der Waals surface area contributed by atoms with Crippen LogP contribution in [0.2, 0.25) is 0 Å². The van der Waals surface area contributed by atoms with Gasteiger partial charge in [-0.1, -0.05) is 0 Å². The molecule has 0 radical (unpaired) electrons. The fourth-order valence-corrected chi connectivity index (χ4v) is 3.85. The fraction of sp³-hybridized carbons (Fsp3) is 0.647. The molecule has 2 saturated heterocycles. The summed E-state index contributed by atoms with van der Waals surface area (Å²) < 4.78 is 0. The predicted octanol–water partition coefficient (Wildman–Crippen LogP) is 0.715. The zero-order valence-electron chi connectivity index (χ0n) is 13.7. The number of piperidine rings is 1. The maximum absolute atomic E-state index is 12.5. The van der Waals surface area contributed by atoms with Crippen molar-refractivity contribution >= 4 is 17.6 Å². The Balaban J connectivity index is 1.38. The summed E-state index contributed by atoms with van der Waals surface area (Å²) in [6, 6.07) is 2.68. The van der Waals surface area contributed by atoms with E-state index in [1.807, 2.05) is 11.0 Å². The molecule has 4 rings (SSSR count). The molecule has 128 valence electrons. The highest BCUT2D eigenvalue weighted by Crippen LogP contribution is 2.35. The van der Waals surface area contributed by atoms with Crippen molar-refractivity contribution < 1.29 is 9.59 Å².